The predicted octanol–water partition coefficient (Wildman–Crippen LogP) is 15.1. The number of halogens is 1. The van der Waals surface area contributed by atoms with Gasteiger partial charge in [0, 0.05) is 38.6 Å². The first-order valence-electron chi connectivity index (χ1n) is 24.3. The molecule has 0 saturated heterocycles. The number of hydrogen-bond acceptors (Lipinski definition) is 3. The van der Waals surface area contributed by atoms with Gasteiger partial charge in [0.05, 0.1) is 5.69 Å². The van der Waals surface area contributed by atoms with Crippen LogP contribution >= 0.6 is 11.6 Å². The summed E-state index contributed by atoms with van der Waals surface area (Å²) in [6.45, 7) is 36.1. The molecule has 0 unspecified atom stereocenters. The van der Waals surface area contributed by atoms with Gasteiger partial charge in [-0.2, -0.15) is 0 Å². The zero-order valence-corrected chi connectivity index (χ0v) is 42.1. The van der Waals surface area contributed by atoms with Crippen LogP contribution < -0.4 is 26.2 Å². The van der Waals surface area contributed by atoms with Crippen LogP contribution in [0, 0.1) is 20.8 Å². The standard InChI is InChI=1S/C59H68BClN2O/c1-33-24-48-52-49(25-33)63(46-31-42-39(27-35(46)3)55(6,7)19-22-58(42,12)13)53-51(37-29-40-43(32-50(37)64-53)59(14,15)23-20-56(40,8)9)60(52)44-17-16-36(61)28-47(44)62(48)45-30-41-38(26-34(45)2)54(4,5)18-21-57(41,10)11/h16-17,24-32H,18-23H2,1-15H3. The van der Waals surface area contributed by atoms with Crippen molar-refractivity contribution in [3.63, 3.8) is 0 Å². The quantitative estimate of drug-likeness (QED) is 0.161. The molecular formula is C59H68BClN2O. The summed E-state index contributed by atoms with van der Waals surface area (Å²) in [5.41, 5.74) is 23.9. The van der Waals surface area contributed by atoms with Crippen molar-refractivity contribution in [1.82, 2.24) is 0 Å². The molecule has 0 fully saturated rings. The average Bonchev–Trinajstić information content (AvgIpc) is 3.58. The van der Waals surface area contributed by atoms with Gasteiger partial charge in [-0.3, -0.25) is 4.90 Å². The lowest BCUT2D eigenvalue weighted by atomic mass is 9.33. The Morgan fingerprint density at radius 1 is 0.453 bits per heavy atom. The third kappa shape index (κ3) is 5.85. The highest BCUT2D eigenvalue weighted by molar-refractivity contribution is 7.01. The van der Waals surface area contributed by atoms with Gasteiger partial charge in [0.1, 0.15) is 5.58 Å². The Morgan fingerprint density at radius 3 is 1.38 bits per heavy atom. The van der Waals surface area contributed by atoms with E-state index in [0.29, 0.717) is 0 Å². The fourth-order valence-corrected chi connectivity index (χ4v) is 13.3. The average molecular weight is 867 g/mol. The Labute approximate surface area is 389 Å². The molecule has 0 radical (unpaired) electrons. The molecule has 1 aromatic heterocycles. The monoisotopic (exact) mass is 867 g/mol. The first-order chi connectivity index (χ1) is 29.8. The number of furan rings is 1. The molecule has 3 heterocycles. The molecule has 0 atom stereocenters. The maximum atomic E-state index is 7.53. The number of anilines is 6. The molecule has 0 amide bonds. The normalized spacial score (nSPS) is 21.1. The van der Waals surface area contributed by atoms with Crippen LogP contribution in [-0.4, -0.2) is 6.71 Å². The van der Waals surface area contributed by atoms with Crippen molar-refractivity contribution >= 4 is 80.0 Å². The largest absolute Gasteiger partial charge is 0.440 e. The molecule has 330 valence electrons. The van der Waals surface area contributed by atoms with Crippen molar-refractivity contribution in [3.05, 3.63) is 122 Å². The summed E-state index contributed by atoms with van der Waals surface area (Å²) in [5.74, 6) is 0.946. The molecule has 2 aliphatic heterocycles. The molecule has 3 aliphatic carbocycles. The van der Waals surface area contributed by atoms with Gasteiger partial charge >= 0.3 is 0 Å². The Bertz CT molecular complexity index is 3030. The van der Waals surface area contributed by atoms with E-state index in [1.807, 2.05) is 0 Å². The van der Waals surface area contributed by atoms with Crippen LogP contribution in [-0.2, 0) is 32.5 Å². The van der Waals surface area contributed by atoms with Crippen molar-refractivity contribution in [2.45, 2.75) is 175 Å². The number of fused-ring (bicyclic) bond motifs is 9. The Balaban J connectivity index is 1.26. The molecule has 0 N–H and O–H groups in total. The molecule has 5 aliphatic rings. The van der Waals surface area contributed by atoms with Gasteiger partial charge in [-0.25, -0.2) is 0 Å². The lowest BCUT2D eigenvalue weighted by Gasteiger charge is -2.46. The zero-order valence-electron chi connectivity index (χ0n) is 41.4. The van der Waals surface area contributed by atoms with E-state index in [4.69, 9.17) is 16.0 Å². The molecule has 64 heavy (non-hydrogen) atoms. The Morgan fingerprint density at radius 2 is 0.875 bits per heavy atom. The van der Waals surface area contributed by atoms with E-state index in [-0.39, 0.29) is 39.2 Å². The second-order valence-corrected chi connectivity index (χ2v) is 25.3. The number of nitrogens with zero attached hydrogens (tertiary/aromatic N) is 2. The van der Waals surface area contributed by atoms with Gasteiger partial charge in [-0.05, 0) is 201 Å². The van der Waals surface area contributed by atoms with Crippen molar-refractivity contribution < 1.29 is 4.42 Å². The maximum Gasteiger partial charge on any atom is 0.257 e. The van der Waals surface area contributed by atoms with Gasteiger partial charge in [-0.15, -0.1) is 0 Å². The van der Waals surface area contributed by atoms with E-state index in [2.05, 4.69) is 180 Å². The van der Waals surface area contributed by atoms with Crippen LogP contribution in [0.5, 0.6) is 0 Å². The van der Waals surface area contributed by atoms with Gasteiger partial charge in [0.15, 0.2) is 0 Å². The third-order valence-corrected chi connectivity index (χ3v) is 17.8. The van der Waals surface area contributed by atoms with Gasteiger partial charge < -0.3 is 9.32 Å². The van der Waals surface area contributed by atoms with Crippen molar-refractivity contribution in [3.8, 4) is 0 Å². The number of hydrogen-bond donors (Lipinski definition) is 0. The highest BCUT2D eigenvalue weighted by Gasteiger charge is 2.49. The van der Waals surface area contributed by atoms with E-state index in [1.165, 1.54) is 107 Å². The fourth-order valence-electron chi connectivity index (χ4n) is 13.1. The van der Waals surface area contributed by atoms with Crippen LogP contribution in [0.3, 0.4) is 0 Å². The predicted molar refractivity (Wildman–Crippen MR) is 275 cm³/mol. The van der Waals surface area contributed by atoms with Crippen LogP contribution in [0.1, 0.15) is 172 Å². The zero-order chi connectivity index (χ0) is 45.6. The molecular weight excluding hydrogens is 799 g/mol. The molecule has 6 aromatic rings. The minimum atomic E-state index is -0.0685. The van der Waals surface area contributed by atoms with E-state index >= 15 is 0 Å². The molecule has 0 saturated carbocycles. The van der Waals surface area contributed by atoms with E-state index in [9.17, 15) is 0 Å². The van der Waals surface area contributed by atoms with Crippen molar-refractivity contribution in [1.29, 1.82) is 0 Å². The summed E-state index contributed by atoms with van der Waals surface area (Å²) in [4.78, 5) is 5.13. The van der Waals surface area contributed by atoms with Crippen LogP contribution in [0.2, 0.25) is 5.02 Å². The maximum absolute atomic E-state index is 7.53. The van der Waals surface area contributed by atoms with Crippen LogP contribution in [0.4, 0.5) is 34.3 Å². The third-order valence-electron chi connectivity index (χ3n) is 17.6. The first-order valence-corrected chi connectivity index (χ1v) is 24.7. The smallest absolute Gasteiger partial charge is 0.257 e. The molecule has 5 aromatic carbocycles. The molecule has 0 bridgehead atoms. The lowest BCUT2D eigenvalue weighted by molar-refractivity contribution is 0.332. The number of aryl methyl sites for hydroxylation is 3. The molecule has 3 nitrogen and oxygen atoms in total. The second kappa shape index (κ2) is 13.1. The van der Waals surface area contributed by atoms with Gasteiger partial charge in [0.2, 0.25) is 5.88 Å². The fraction of sp³-hybridized carbons (Fsp3) is 0.458. The minimum absolute atomic E-state index is 0.0475. The lowest BCUT2D eigenvalue weighted by Crippen LogP contribution is -2.61. The summed E-state index contributed by atoms with van der Waals surface area (Å²) >= 11 is 7.14. The molecule has 11 rings (SSSR count). The van der Waals surface area contributed by atoms with Gasteiger partial charge in [-0.1, -0.05) is 113 Å². The Kier molecular flexibility index (Phi) is 8.68. The SMILES string of the molecule is Cc1cc2c3c(c1)N(c1cc4c(cc1C)C(C)(C)CCC4(C)C)c1oc4cc5c(cc4c1B3c1ccc(Cl)cc1N2c1cc2c(cc1C)C(C)(C)CCC2(C)C)C(C)(C)CCC5(C)C. The number of benzene rings is 5. The summed E-state index contributed by atoms with van der Waals surface area (Å²) in [6.07, 6.45) is 7.01. The van der Waals surface area contributed by atoms with Crippen molar-refractivity contribution in [2.75, 3.05) is 9.80 Å². The van der Waals surface area contributed by atoms with E-state index in [1.54, 1.807) is 0 Å². The first kappa shape index (κ1) is 42.2. The molecule has 0 spiro atoms. The highest BCUT2D eigenvalue weighted by atomic mass is 35.5. The molecule has 5 heteroatoms. The summed E-state index contributed by atoms with van der Waals surface area (Å²) in [5, 5.41) is 1.98. The topological polar surface area (TPSA) is 19.6 Å². The van der Waals surface area contributed by atoms with Crippen LogP contribution in [0.15, 0.2) is 71.1 Å². The number of rotatable bonds is 2. The summed E-state index contributed by atoms with van der Waals surface area (Å²) in [6, 6.07) is 26.7. The summed E-state index contributed by atoms with van der Waals surface area (Å²) < 4.78 is 7.53. The highest BCUT2D eigenvalue weighted by Crippen LogP contribution is 2.55. The second-order valence-electron chi connectivity index (χ2n) is 24.9. The van der Waals surface area contributed by atoms with Crippen LogP contribution in [0.25, 0.3) is 11.0 Å². The van der Waals surface area contributed by atoms with E-state index < -0.39 is 0 Å². The Hall–Kier alpha value is -4.41. The minimum Gasteiger partial charge on any atom is -0.440 e. The van der Waals surface area contributed by atoms with Gasteiger partial charge in [0.25, 0.3) is 6.71 Å². The van der Waals surface area contributed by atoms with Crippen molar-refractivity contribution in [2.24, 2.45) is 0 Å². The summed E-state index contributed by atoms with van der Waals surface area (Å²) in [7, 11) is 0. The van der Waals surface area contributed by atoms with E-state index in [0.717, 1.165) is 47.9 Å².